The van der Waals surface area contributed by atoms with Crippen molar-refractivity contribution in [2.75, 3.05) is 0 Å². The van der Waals surface area contributed by atoms with Crippen molar-refractivity contribution in [2.45, 2.75) is 6.92 Å². The highest BCUT2D eigenvalue weighted by Gasteiger charge is 2.03. The second kappa shape index (κ2) is 3.17. The van der Waals surface area contributed by atoms with E-state index in [2.05, 4.69) is 0 Å². The van der Waals surface area contributed by atoms with Crippen LogP contribution in [0.4, 0.5) is 0 Å². The zero-order valence-electron chi connectivity index (χ0n) is 6.57. The van der Waals surface area contributed by atoms with Gasteiger partial charge in [0, 0.05) is 5.56 Å². The predicted octanol–water partition coefficient (Wildman–Crippen LogP) is 1.41. The van der Waals surface area contributed by atoms with Gasteiger partial charge in [0.05, 0.1) is 5.56 Å². The molecule has 1 N–H and O–H groups in total. The van der Waals surface area contributed by atoms with Crippen molar-refractivity contribution in [3.63, 3.8) is 0 Å². The molecule has 0 amide bonds. The summed E-state index contributed by atoms with van der Waals surface area (Å²) < 4.78 is 0. The third-order valence-corrected chi connectivity index (χ3v) is 1.56. The van der Waals surface area contributed by atoms with Crippen LogP contribution in [0.25, 0.3) is 0 Å². The lowest BCUT2D eigenvalue weighted by Crippen LogP contribution is -1.92. The fraction of sp³-hybridized carbons (Fsp3) is 0.111. The molecule has 0 radical (unpaired) electrons. The lowest BCUT2D eigenvalue weighted by Gasteiger charge is -1.98. The molecule has 0 heterocycles. The third-order valence-electron chi connectivity index (χ3n) is 1.56. The summed E-state index contributed by atoms with van der Waals surface area (Å²) in [6.45, 7) is 1.40. The smallest absolute Gasteiger partial charge is 0.159 e. The summed E-state index contributed by atoms with van der Waals surface area (Å²) in [5, 5.41) is 9.16. The highest BCUT2D eigenvalue weighted by Crippen LogP contribution is 2.16. The van der Waals surface area contributed by atoms with Crippen LogP contribution in [0.15, 0.2) is 18.2 Å². The maximum Gasteiger partial charge on any atom is 0.159 e. The summed E-state index contributed by atoms with van der Waals surface area (Å²) in [6, 6.07) is 4.21. The first-order valence-corrected chi connectivity index (χ1v) is 3.44. The number of Topliss-reactive ketones (excluding diaryl/α,β-unsaturated/α-hetero) is 1. The van der Waals surface area contributed by atoms with E-state index in [0.29, 0.717) is 11.8 Å². The van der Waals surface area contributed by atoms with Gasteiger partial charge in [0.15, 0.2) is 12.1 Å². The molecule has 3 nitrogen and oxygen atoms in total. The minimum atomic E-state index is -0.155. The Hall–Kier alpha value is -1.64. The molecule has 0 spiro atoms. The number of benzene rings is 1. The Balaban J connectivity index is 3.18. The Morgan fingerprint density at radius 1 is 1.50 bits per heavy atom. The largest absolute Gasteiger partial charge is 0.507 e. The van der Waals surface area contributed by atoms with Crippen LogP contribution in [-0.4, -0.2) is 17.2 Å². The monoisotopic (exact) mass is 164 g/mol. The van der Waals surface area contributed by atoms with E-state index in [9.17, 15) is 9.59 Å². The molecule has 0 aliphatic carbocycles. The zero-order valence-corrected chi connectivity index (χ0v) is 6.57. The molecule has 0 aliphatic heterocycles. The van der Waals surface area contributed by atoms with E-state index in [1.807, 2.05) is 0 Å². The van der Waals surface area contributed by atoms with Gasteiger partial charge in [-0.05, 0) is 19.1 Å². The van der Waals surface area contributed by atoms with E-state index in [4.69, 9.17) is 5.11 Å². The predicted molar refractivity (Wildman–Crippen MR) is 43.5 cm³/mol. The summed E-state index contributed by atoms with van der Waals surface area (Å²) >= 11 is 0. The van der Waals surface area contributed by atoms with Gasteiger partial charge < -0.3 is 5.11 Å². The molecule has 0 fully saturated rings. The third kappa shape index (κ3) is 1.50. The van der Waals surface area contributed by atoms with Crippen molar-refractivity contribution in [2.24, 2.45) is 0 Å². The Morgan fingerprint density at radius 2 is 2.17 bits per heavy atom. The fourth-order valence-electron chi connectivity index (χ4n) is 0.862. The molecule has 0 bridgehead atoms. The normalized spacial score (nSPS) is 9.42. The lowest BCUT2D eigenvalue weighted by atomic mass is 10.1. The van der Waals surface area contributed by atoms with E-state index in [1.54, 1.807) is 0 Å². The van der Waals surface area contributed by atoms with Crippen LogP contribution in [0, 0.1) is 0 Å². The van der Waals surface area contributed by atoms with Gasteiger partial charge in [-0.3, -0.25) is 9.59 Å². The number of carbonyl (C=O) groups is 2. The summed E-state index contributed by atoms with van der Waals surface area (Å²) in [5.41, 5.74) is 0.595. The quantitative estimate of drug-likeness (QED) is 0.531. The molecule has 1 aromatic carbocycles. The Labute approximate surface area is 69.6 Å². The molecule has 3 heteroatoms. The van der Waals surface area contributed by atoms with Crippen molar-refractivity contribution < 1.29 is 14.7 Å². The number of phenolic OH excluding ortho intramolecular Hbond substituents is 1. The number of aromatic hydroxyl groups is 1. The maximum atomic E-state index is 10.8. The van der Waals surface area contributed by atoms with E-state index in [1.165, 1.54) is 25.1 Å². The number of carbonyl (C=O) groups excluding carboxylic acids is 2. The van der Waals surface area contributed by atoms with E-state index in [0.717, 1.165) is 0 Å². The summed E-state index contributed by atoms with van der Waals surface area (Å²) in [6.07, 6.45) is 0.541. The van der Waals surface area contributed by atoms with Crippen LogP contribution < -0.4 is 0 Å². The van der Waals surface area contributed by atoms with Gasteiger partial charge in [-0.25, -0.2) is 0 Å². The Morgan fingerprint density at radius 3 is 2.58 bits per heavy atom. The van der Waals surface area contributed by atoms with Crippen molar-refractivity contribution in [3.8, 4) is 5.75 Å². The van der Waals surface area contributed by atoms with Crippen LogP contribution in [0.5, 0.6) is 5.75 Å². The molecule has 0 unspecified atom stereocenters. The topological polar surface area (TPSA) is 54.4 Å². The van der Waals surface area contributed by atoms with Gasteiger partial charge in [-0.15, -0.1) is 0 Å². The second-order valence-electron chi connectivity index (χ2n) is 2.45. The highest BCUT2D eigenvalue weighted by atomic mass is 16.3. The van der Waals surface area contributed by atoms with E-state index >= 15 is 0 Å². The number of hydrogen-bond donors (Lipinski definition) is 1. The summed E-state index contributed by atoms with van der Waals surface area (Å²) in [5.74, 6) is -0.291. The molecular formula is C9H8O3. The van der Waals surface area contributed by atoms with Crippen molar-refractivity contribution in [1.82, 2.24) is 0 Å². The Kier molecular flexibility index (Phi) is 2.24. The number of phenols is 1. The first-order valence-electron chi connectivity index (χ1n) is 3.44. The molecule has 0 atom stereocenters. The zero-order chi connectivity index (χ0) is 9.14. The number of aldehydes is 1. The van der Waals surface area contributed by atoms with Gasteiger partial charge in [-0.1, -0.05) is 6.07 Å². The second-order valence-corrected chi connectivity index (χ2v) is 2.45. The minimum Gasteiger partial charge on any atom is -0.507 e. The summed E-state index contributed by atoms with van der Waals surface area (Å²) in [4.78, 5) is 21.1. The average Bonchev–Trinajstić information content (AvgIpc) is 2.04. The van der Waals surface area contributed by atoms with E-state index < -0.39 is 0 Å². The first-order chi connectivity index (χ1) is 5.65. The SMILES string of the molecule is CC(=O)c1ccc(C=O)c(O)c1. The maximum absolute atomic E-state index is 10.8. The number of hydrogen-bond acceptors (Lipinski definition) is 3. The van der Waals surface area contributed by atoms with Crippen molar-refractivity contribution >= 4 is 12.1 Å². The Bertz CT molecular complexity index is 329. The minimum absolute atomic E-state index is 0.136. The lowest BCUT2D eigenvalue weighted by molar-refractivity contribution is 0.101. The van der Waals surface area contributed by atoms with E-state index in [-0.39, 0.29) is 17.1 Å². The van der Waals surface area contributed by atoms with Gasteiger partial charge in [0.1, 0.15) is 5.75 Å². The molecule has 0 aliphatic rings. The van der Waals surface area contributed by atoms with Crippen molar-refractivity contribution in [1.29, 1.82) is 0 Å². The first kappa shape index (κ1) is 8.46. The molecule has 12 heavy (non-hydrogen) atoms. The van der Waals surface area contributed by atoms with Crippen LogP contribution >= 0.6 is 0 Å². The van der Waals surface area contributed by atoms with Crippen LogP contribution in [0.2, 0.25) is 0 Å². The van der Waals surface area contributed by atoms with Gasteiger partial charge in [-0.2, -0.15) is 0 Å². The van der Waals surface area contributed by atoms with Crippen LogP contribution in [0.3, 0.4) is 0 Å². The highest BCUT2D eigenvalue weighted by molar-refractivity contribution is 5.95. The molecule has 0 saturated heterocycles. The molecule has 0 aromatic heterocycles. The van der Waals surface area contributed by atoms with Crippen LogP contribution in [0.1, 0.15) is 27.6 Å². The molecule has 0 saturated carbocycles. The fourth-order valence-corrected chi connectivity index (χ4v) is 0.862. The average molecular weight is 164 g/mol. The molecular weight excluding hydrogens is 156 g/mol. The van der Waals surface area contributed by atoms with Gasteiger partial charge in [0.2, 0.25) is 0 Å². The molecule has 62 valence electrons. The molecule has 1 rings (SSSR count). The van der Waals surface area contributed by atoms with Gasteiger partial charge in [0.25, 0.3) is 0 Å². The summed E-state index contributed by atoms with van der Waals surface area (Å²) in [7, 11) is 0. The molecule has 1 aromatic rings. The standard InChI is InChI=1S/C9H8O3/c1-6(11)7-2-3-8(5-10)9(12)4-7/h2-5,12H,1H3. The number of rotatable bonds is 2. The number of ketones is 1. The van der Waals surface area contributed by atoms with Gasteiger partial charge >= 0.3 is 0 Å². The van der Waals surface area contributed by atoms with Crippen molar-refractivity contribution in [3.05, 3.63) is 29.3 Å². The van der Waals surface area contributed by atoms with Crippen LogP contribution in [-0.2, 0) is 0 Å².